The van der Waals surface area contributed by atoms with Crippen LogP contribution in [0.3, 0.4) is 0 Å². The predicted molar refractivity (Wildman–Crippen MR) is 66.9 cm³/mol. The summed E-state index contributed by atoms with van der Waals surface area (Å²) in [6.07, 6.45) is 1.22. The van der Waals surface area contributed by atoms with E-state index < -0.39 is 0 Å². The van der Waals surface area contributed by atoms with Crippen molar-refractivity contribution in [3.63, 3.8) is 0 Å². The molecule has 2 heterocycles. The number of para-hydroxylation sites is 1. The van der Waals surface area contributed by atoms with Gasteiger partial charge in [-0.3, -0.25) is 0 Å². The molecular weight excluding hydrogens is 214 g/mol. The van der Waals surface area contributed by atoms with Crippen LogP contribution in [0.25, 0.3) is 0 Å². The van der Waals surface area contributed by atoms with Crippen molar-refractivity contribution in [1.29, 1.82) is 0 Å². The summed E-state index contributed by atoms with van der Waals surface area (Å²) in [6, 6.07) is 10.1. The van der Waals surface area contributed by atoms with E-state index in [1.165, 1.54) is 6.42 Å². The van der Waals surface area contributed by atoms with Crippen molar-refractivity contribution in [1.82, 2.24) is 10.2 Å². The van der Waals surface area contributed by atoms with Gasteiger partial charge in [0.2, 0.25) is 0 Å². The number of nitrogens with zero attached hydrogens (tertiary/aromatic N) is 1. The molecule has 2 saturated heterocycles. The molecular formula is C13H17N3O. The number of rotatable bonds is 1. The summed E-state index contributed by atoms with van der Waals surface area (Å²) in [7, 11) is 0. The average molecular weight is 231 g/mol. The van der Waals surface area contributed by atoms with Gasteiger partial charge < -0.3 is 15.5 Å². The number of likely N-dealkylation sites (tertiary alicyclic amines) is 1. The summed E-state index contributed by atoms with van der Waals surface area (Å²) in [5.74, 6) is 0.635. The first-order valence-electron chi connectivity index (χ1n) is 6.15. The zero-order chi connectivity index (χ0) is 11.7. The molecule has 4 nitrogen and oxygen atoms in total. The number of amides is 2. The Morgan fingerprint density at radius 1 is 1.29 bits per heavy atom. The number of nitrogens with one attached hydrogen (secondary N) is 2. The molecule has 2 N–H and O–H groups in total. The van der Waals surface area contributed by atoms with E-state index in [0.717, 1.165) is 25.3 Å². The Morgan fingerprint density at radius 2 is 2.12 bits per heavy atom. The Kier molecular flexibility index (Phi) is 2.73. The summed E-state index contributed by atoms with van der Waals surface area (Å²) in [4.78, 5) is 14.0. The molecule has 1 aromatic carbocycles. The number of anilines is 1. The summed E-state index contributed by atoms with van der Waals surface area (Å²) in [6.45, 7) is 2.76. The van der Waals surface area contributed by atoms with E-state index in [-0.39, 0.29) is 6.03 Å². The molecule has 17 heavy (non-hydrogen) atoms. The van der Waals surface area contributed by atoms with Crippen LogP contribution in [0.5, 0.6) is 0 Å². The van der Waals surface area contributed by atoms with Gasteiger partial charge in [0.15, 0.2) is 0 Å². The zero-order valence-electron chi connectivity index (χ0n) is 9.73. The normalized spacial score (nSPS) is 26.9. The van der Waals surface area contributed by atoms with Gasteiger partial charge in [0.25, 0.3) is 0 Å². The Morgan fingerprint density at radius 3 is 2.88 bits per heavy atom. The Bertz CT molecular complexity index is 394. The lowest BCUT2D eigenvalue weighted by atomic mass is 10.0. The van der Waals surface area contributed by atoms with Gasteiger partial charge >= 0.3 is 6.03 Å². The molecule has 2 amide bonds. The highest BCUT2D eigenvalue weighted by molar-refractivity contribution is 5.89. The SMILES string of the molecule is O=C(Nc1ccccc1)N1CC2CNC(C2)C1. The molecule has 2 unspecified atom stereocenters. The third-order valence-electron chi connectivity index (χ3n) is 3.54. The molecule has 2 aliphatic heterocycles. The van der Waals surface area contributed by atoms with Crippen LogP contribution in [-0.4, -0.2) is 36.6 Å². The van der Waals surface area contributed by atoms with Crippen LogP contribution in [-0.2, 0) is 0 Å². The second-order valence-corrected chi connectivity index (χ2v) is 4.91. The first-order chi connectivity index (χ1) is 8.31. The molecule has 0 saturated carbocycles. The van der Waals surface area contributed by atoms with Crippen molar-refractivity contribution in [2.45, 2.75) is 12.5 Å². The van der Waals surface area contributed by atoms with Gasteiger partial charge in [-0.1, -0.05) is 18.2 Å². The third-order valence-corrected chi connectivity index (χ3v) is 3.54. The number of piperidine rings is 1. The monoisotopic (exact) mass is 231 g/mol. The fourth-order valence-corrected chi connectivity index (χ4v) is 2.72. The summed E-state index contributed by atoms with van der Waals surface area (Å²) in [5, 5.41) is 6.39. The lowest BCUT2D eigenvalue weighted by Crippen LogP contribution is -2.46. The maximum absolute atomic E-state index is 12.1. The molecule has 0 spiro atoms. The highest BCUT2D eigenvalue weighted by Gasteiger charge is 2.34. The topological polar surface area (TPSA) is 44.4 Å². The minimum atomic E-state index is 0.0228. The lowest BCUT2D eigenvalue weighted by Gasteiger charge is -2.31. The highest BCUT2D eigenvalue weighted by Crippen LogP contribution is 2.22. The Balaban J connectivity index is 1.63. The predicted octanol–water partition coefficient (Wildman–Crippen LogP) is 1.51. The standard InChI is InChI=1S/C13H17N3O/c17-13(15-11-4-2-1-3-5-11)16-8-10-6-12(9-16)14-7-10/h1-5,10,12,14H,6-9H2,(H,15,17). The van der Waals surface area contributed by atoms with Crippen LogP contribution in [0.2, 0.25) is 0 Å². The number of urea groups is 1. The van der Waals surface area contributed by atoms with Gasteiger partial charge in [-0.25, -0.2) is 4.79 Å². The first-order valence-corrected chi connectivity index (χ1v) is 6.15. The third kappa shape index (κ3) is 2.26. The minimum Gasteiger partial charge on any atom is -0.323 e. The van der Waals surface area contributed by atoms with Crippen LogP contribution in [0.1, 0.15) is 6.42 Å². The smallest absolute Gasteiger partial charge is 0.321 e. The van der Waals surface area contributed by atoms with Gasteiger partial charge in [0.1, 0.15) is 0 Å². The van der Waals surface area contributed by atoms with Crippen molar-refractivity contribution in [2.24, 2.45) is 5.92 Å². The number of hydrogen-bond acceptors (Lipinski definition) is 2. The van der Waals surface area contributed by atoms with E-state index >= 15 is 0 Å². The maximum atomic E-state index is 12.1. The van der Waals surface area contributed by atoms with Crippen molar-refractivity contribution >= 4 is 11.7 Å². The van der Waals surface area contributed by atoms with E-state index in [1.54, 1.807) is 0 Å². The van der Waals surface area contributed by atoms with Crippen LogP contribution < -0.4 is 10.6 Å². The number of carbonyl (C=O) groups excluding carboxylic acids is 1. The molecule has 0 aromatic heterocycles. The van der Waals surface area contributed by atoms with E-state index in [2.05, 4.69) is 10.6 Å². The van der Waals surface area contributed by atoms with Gasteiger partial charge in [-0.15, -0.1) is 0 Å². The van der Waals surface area contributed by atoms with Gasteiger partial charge in [0, 0.05) is 31.4 Å². The second-order valence-electron chi connectivity index (χ2n) is 4.91. The van der Waals surface area contributed by atoms with Crippen LogP contribution in [0, 0.1) is 5.92 Å². The Hall–Kier alpha value is -1.55. The van der Waals surface area contributed by atoms with Crippen LogP contribution in [0.4, 0.5) is 10.5 Å². The quantitative estimate of drug-likeness (QED) is 0.769. The summed E-state index contributed by atoms with van der Waals surface area (Å²) in [5.41, 5.74) is 0.864. The van der Waals surface area contributed by atoms with Crippen molar-refractivity contribution < 1.29 is 4.79 Å². The highest BCUT2D eigenvalue weighted by atomic mass is 16.2. The van der Waals surface area contributed by atoms with Gasteiger partial charge in [0.05, 0.1) is 0 Å². The van der Waals surface area contributed by atoms with Crippen molar-refractivity contribution in [3.8, 4) is 0 Å². The summed E-state index contributed by atoms with van der Waals surface area (Å²) >= 11 is 0. The molecule has 0 radical (unpaired) electrons. The summed E-state index contributed by atoms with van der Waals surface area (Å²) < 4.78 is 0. The number of hydrogen-bond donors (Lipinski definition) is 2. The zero-order valence-corrected chi connectivity index (χ0v) is 9.73. The van der Waals surface area contributed by atoms with E-state index in [4.69, 9.17) is 0 Å². The van der Waals surface area contributed by atoms with E-state index in [1.807, 2.05) is 35.2 Å². The van der Waals surface area contributed by atoms with Crippen LogP contribution in [0.15, 0.2) is 30.3 Å². The van der Waals surface area contributed by atoms with E-state index in [0.29, 0.717) is 12.0 Å². The molecule has 3 rings (SSSR count). The first kappa shape index (κ1) is 10.6. The lowest BCUT2D eigenvalue weighted by molar-refractivity contribution is 0.186. The molecule has 0 aliphatic carbocycles. The van der Waals surface area contributed by atoms with Gasteiger partial charge in [-0.05, 0) is 24.5 Å². The molecule has 90 valence electrons. The molecule has 1 aromatic rings. The Labute approximate surface area is 101 Å². The van der Waals surface area contributed by atoms with Crippen LogP contribution >= 0.6 is 0 Å². The number of fused-ring (bicyclic) bond motifs is 2. The fraction of sp³-hybridized carbons (Fsp3) is 0.462. The van der Waals surface area contributed by atoms with Crippen molar-refractivity contribution in [2.75, 3.05) is 25.0 Å². The molecule has 2 bridgehead atoms. The molecule has 4 heteroatoms. The largest absolute Gasteiger partial charge is 0.323 e. The van der Waals surface area contributed by atoms with E-state index in [9.17, 15) is 4.79 Å². The maximum Gasteiger partial charge on any atom is 0.321 e. The number of benzene rings is 1. The molecule has 2 aliphatic rings. The fourth-order valence-electron chi connectivity index (χ4n) is 2.72. The molecule has 2 atom stereocenters. The average Bonchev–Trinajstić information content (AvgIpc) is 2.69. The number of carbonyl (C=O) groups is 1. The minimum absolute atomic E-state index is 0.0228. The van der Waals surface area contributed by atoms with Gasteiger partial charge in [-0.2, -0.15) is 0 Å². The second kappa shape index (κ2) is 4.37. The van der Waals surface area contributed by atoms with Crippen molar-refractivity contribution in [3.05, 3.63) is 30.3 Å². The molecule has 2 fully saturated rings.